The van der Waals surface area contributed by atoms with Gasteiger partial charge in [0.2, 0.25) is 8.17 Å². The van der Waals surface area contributed by atoms with Crippen LogP contribution in [0.3, 0.4) is 0 Å². The van der Waals surface area contributed by atoms with E-state index in [2.05, 4.69) is 55.4 Å². The van der Waals surface area contributed by atoms with Gasteiger partial charge in [-0.3, -0.25) is 9.68 Å². The zero-order chi connectivity index (χ0) is 34.8. The van der Waals surface area contributed by atoms with Crippen molar-refractivity contribution in [3.05, 3.63) is 0 Å². The van der Waals surface area contributed by atoms with E-state index in [1.807, 2.05) is 9.21 Å². The van der Waals surface area contributed by atoms with Gasteiger partial charge in [-0.15, -0.1) is 0 Å². The Hall–Kier alpha value is 1.12. The van der Waals surface area contributed by atoms with Crippen LogP contribution in [0.4, 0.5) is 0 Å². The first-order chi connectivity index (χ1) is 23.1. The molecule has 0 aromatic rings. The van der Waals surface area contributed by atoms with Crippen LogP contribution in [0.2, 0.25) is 0 Å². The van der Waals surface area contributed by atoms with E-state index in [9.17, 15) is 0 Å². The van der Waals surface area contributed by atoms with Crippen molar-refractivity contribution in [2.45, 2.75) is 158 Å². The molecule has 11 nitrogen and oxygen atoms in total. The van der Waals surface area contributed by atoms with Gasteiger partial charge in [-0.05, 0) is 51.4 Å². The van der Waals surface area contributed by atoms with Crippen LogP contribution in [0.15, 0.2) is 4.52 Å². The molecule has 0 aromatic carbocycles. The summed E-state index contributed by atoms with van der Waals surface area (Å²) in [7, 11) is -7.03. The van der Waals surface area contributed by atoms with Crippen LogP contribution in [-0.2, 0) is 36.8 Å². The normalized spacial score (nSPS) is 13.4. The average molecular weight is 752 g/mol. The number of unbranched alkanes of at least 4 members (excludes halogenated alkanes) is 8. The molecule has 2 atom stereocenters. The minimum absolute atomic E-state index is 0.502. The lowest BCUT2D eigenvalue weighted by atomic mass is 10.4. The predicted octanol–water partition coefficient (Wildman–Crippen LogP) is 12.9. The Labute approximate surface area is 294 Å². The molecule has 0 N–H and O–H groups in total. The molecule has 0 heterocycles. The number of hydrogen-bond donors (Lipinski definition) is 0. The Morgan fingerprint density at radius 3 is 1.23 bits per heavy atom. The van der Waals surface area contributed by atoms with Gasteiger partial charge < -0.3 is 27.1 Å². The van der Waals surface area contributed by atoms with Crippen LogP contribution in [0.25, 0.3) is 0 Å². The topological polar surface area (TPSA) is 92.7 Å². The first-order valence-corrected chi connectivity index (χ1v) is 23.4. The molecule has 2 unspecified atom stereocenters. The third-order valence-electron chi connectivity index (χ3n) is 6.41. The Morgan fingerprint density at radius 1 is 0.426 bits per heavy atom. The molecule has 0 spiro atoms. The Morgan fingerprint density at radius 2 is 0.787 bits per heavy atom. The van der Waals surface area contributed by atoms with Gasteiger partial charge in [0.25, 0.3) is 25.4 Å². The SMILES string of the molecule is CCCCON(P(N=[PH](OCCCC)OCCCC)OCCCC)P(OCCCC)N(OCCCC)P(OCCCC)OCCCC. The first kappa shape index (κ1) is 48.1. The van der Waals surface area contributed by atoms with Crippen molar-refractivity contribution >= 4 is 33.6 Å². The molecule has 0 saturated carbocycles. The van der Waals surface area contributed by atoms with E-state index in [1.54, 1.807) is 0 Å². The van der Waals surface area contributed by atoms with E-state index in [4.69, 9.17) is 41.3 Å². The van der Waals surface area contributed by atoms with Gasteiger partial charge in [0.1, 0.15) is 0 Å². The lowest BCUT2D eigenvalue weighted by Gasteiger charge is -2.39. The molecular formula is C32H73N3O8P4. The Kier molecular flexibility index (Phi) is 37.8. The lowest BCUT2D eigenvalue weighted by molar-refractivity contribution is -0.0781. The number of hydrogen-bond acceptors (Lipinski definition) is 11. The largest absolute Gasteiger partial charge is 0.328 e. The Balaban J connectivity index is 7.04. The molecule has 0 saturated heterocycles. The molecule has 0 aliphatic rings. The fraction of sp³-hybridized carbons (Fsp3) is 1.00. The average Bonchev–Trinajstić information content (AvgIpc) is 3.07. The maximum absolute atomic E-state index is 6.76. The predicted molar refractivity (Wildman–Crippen MR) is 202 cm³/mol. The fourth-order valence-corrected chi connectivity index (χ4v) is 10.9. The van der Waals surface area contributed by atoms with Crippen LogP contribution < -0.4 is 0 Å². The van der Waals surface area contributed by atoms with Gasteiger partial charge in [-0.1, -0.05) is 116 Å². The molecule has 0 bridgehead atoms. The smallest absolute Gasteiger partial charge is 0.291 e. The van der Waals surface area contributed by atoms with Crippen molar-refractivity contribution in [3.63, 3.8) is 0 Å². The third kappa shape index (κ3) is 25.7. The first-order valence-electron chi connectivity index (χ1n) is 18.7. The highest BCUT2D eigenvalue weighted by molar-refractivity contribution is 7.70. The summed E-state index contributed by atoms with van der Waals surface area (Å²) >= 11 is 0. The van der Waals surface area contributed by atoms with Crippen LogP contribution in [-0.4, -0.2) is 62.1 Å². The van der Waals surface area contributed by atoms with Crippen molar-refractivity contribution in [1.29, 1.82) is 0 Å². The molecule has 15 heteroatoms. The van der Waals surface area contributed by atoms with E-state index in [0.717, 1.165) is 103 Å². The molecule has 47 heavy (non-hydrogen) atoms. The van der Waals surface area contributed by atoms with Crippen molar-refractivity contribution in [1.82, 2.24) is 9.21 Å². The fourth-order valence-electron chi connectivity index (χ4n) is 3.25. The van der Waals surface area contributed by atoms with E-state index in [1.165, 1.54) is 0 Å². The summed E-state index contributed by atoms with van der Waals surface area (Å²) in [6, 6.07) is 0. The van der Waals surface area contributed by atoms with Crippen molar-refractivity contribution in [3.8, 4) is 0 Å². The van der Waals surface area contributed by atoms with E-state index >= 15 is 0 Å². The van der Waals surface area contributed by atoms with E-state index in [0.29, 0.717) is 52.9 Å². The number of rotatable bonds is 37. The summed E-state index contributed by atoms with van der Waals surface area (Å²) in [6.45, 7) is 21.7. The van der Waals surface area contributed by atoms with Gasteiger partial charge in [-0.2, -0.15) is 4.52 Å². The van der Waals surface area contributed by atoms with Gasteiger partial charge >= 0.3 is 0 Å². The summed E-state index contributed by atoms with van der Waals surface area (Å²) in [5.41, 5.74) is 0. The highest BCUT2D eigenvalue weighted by atomic mass is 31.2. The molecule has 0 aliphatic heterocycles. The molecule has 0 rings (SSSR count). The quantitative estimate of drug-likeness (QED) is 0.0347. The molecule has 284 valence electrons. The van der Waals surface area contributed by atoms with E-state index in [-0.39, 0.29) is 0 Å². The van der Waals surface area contributed by atoms with Gasteiger partial charge in [-0.25, -0.2) is 0 Å². The molecule has 0 aromatic heterocycles. The summed E-state index contributed by atoms with van der Waals surface area (Å²) in [4.78, 5) is 13.2. The number of nitrogens with zero attached hydrogens (tertiary/aromatic N) is 3. The maximum atomic E-state index is 6.76. The second-order valence-corrected chi connectivity index (χ2v) is 17.7. The van der Waals surface area contributed by atoms with Crippen molar-refractivity contribution < 1.29 is 36.8 Å². The zero-order valence-corrected chi connectivity index (χ0v) is 35.1. The summed E-state index contributed by atoms with van der Waals surface area (Å²) < 4.78 is 47.7. The monoisotopic (exact) mass is 751 g/mol. The standard InChI is InChI=1S/C32H73N3O8P4/c1-9-17-25-36-34(44(38-27-19-11-3)33-45(39-28-20-12-4)40-29-21-13-5)46(41-30-22-14-6)35(37-26-18-10-2)47(42-31-23-15-7)43-32-24-16-8/h45H,9-32H2,1-8H3. The van der Waals surface area contributed by atoms with E-state index < -0.39 is 33.6 Å². The second kappa shape index (κ2) is 36.9. The highest BCUT2D eigenvalue weighted by Gasteiger charge is 2.43. The van der Waals surface area contributed by atoms with Crippen LogP contribution in [0, 0.1) is 0 Å². The van der Waals surface area contributed by atoms with Crippen LogP contribution >= 0.6 is 33.6 Å². The Bertz CT molecular complexity index is 672. The van der Waals surface area contributed by atoms with Crippen LogP contribution in [0.5, 0.6) is 0 Å². The third-order valence-corrected chi connectivity index (χ3v) is 13.7. The van der Waals surface area contributed by atoms with Crippen molar-refractivity contribution in [2.24, 2.45) is 4.52 Å². The molecular weight excluding hydrogens is 678 g/mol. The summed E-state index contributed by atoms with van der Waals surface area (Å²) in [6.07, 6.45) is 15.5. The summed E-state index contributed by atoms with van der Waals surface area (Å²) in [5, 5.41) is 0. The van der Waals surface area contributed by atoms with Crippen molar-refractivity contribution in [2.75, 3.05) is 52.9 Å². The molecule has 0 amide bonds. The minimum Gasteiger partial charge on any atom is -0.328 e. The molecule has 0 radical (unpaired) electrons. The highest BCUT2D eigenvalue weighted by Crippen LogP contribution is 2.68. The lowest BCUT2D eigenvalue weighted by Crippen LogP contribution is -2.27. The van der Waals surface area contributed by atoms with Crippen LogP contribution in [0.1, 0.15) is 158 Å². The molecule has 0 fully saturated rings. The van der Waals surface area contributed by atoms with Gasteiger partial charge in [0, 0.05) is 0 Å². The second-order valence-electron chi connectivity index (χ2n) is 11.1. The van der Waals surface area contributed by atoms with Gasteiger partial charge in [0.05, 0.1) is 52.9 Å². The minimum atomic E-state index is -2.01. The molecule has 0 aliphatic carbocycles. The summed E-state index contributed by atoms with van der Waals surface area (Å²) in [5.74, 6) is 0. The van der Waals surface area contributed by atoms with Gasteiger partial charge in [0.15, 0.2) is 0 Å². The maximum Gasteiger partial charge on any atom is 0.291 e. The zero-order valence-electron chi connectivity index (χ0n) is 31.4.